The molecular weight excluding hydrogens is 262 g/mol. The molecule has 2 heterocycles. The highest BCUT2D eigenvalue weighted by atomic mass is 16.2. The number of hydrogen-bond donors (Lipinski definition) is 2. The van der Waals surface area contributed by atoms with Gasteiger partial charge in [0.25, 0.3) is 5.91 Å². The summed E-state index contributed by atoms with van der Waals surface area (Å²) in [5, 5.41) is 10.2. The van der Waals surface area contributed by atoms with Gasteiger partial charge in [0.15, 0.2) is 0 Å². The molecule has 0 saturated heterocycles. The fourth-order valence-corrected chi connectivity index (χ4v) is 2.79. The van der Waals surface area contributed by atoms with Crippen molar-refractivity contribution in [1.82, 2.24) is 15.5 Å². The fourth-order valence-electron chi connectivity index (χ4n) is 2.79. The summed E-state index contributed by atoms with van der Waals surface area (Å²) in [5.74, 6) is -0.103. The van der Waals surface area contributed by atoms with Crippen LogP contribution in [0.1, 0.15) is 27.7 Å². The molecule has 0 saturated carbocycles. The largest absolute Gasteiger partial charge is 0.340 e. The Morgan fingerprint density at radius 3 is 2.29 bits per heavy atom. The molecule has 4 heteroatoms. The van der Waals surface area contributed by atoms with Gasteiger partial charge < -0.3 is 5.32 Å². The lowest BCUT2D eigenvalue weighted by Crippen LogP contribution is -2.21. The molecule has 1 aliphatic rings. The fraction of sp³-hybridized carbons (Fsp3) is 0.0588. The van der Waals surface area contributed by atoms with Crippen LogP contribution in [0.4, 0.5) is 0 Å². The van der Waals surface area contributed by atoms with Crippen molar-refractivity contribution in [3.8, 4) is 11.3 Å². The van der Waals surface area contributed by atoms with Crippen molar-refractivity contribution < 1.29 is 4.79 Å². The molecule has 4 rings (SSSR count). The Hall–Kier alpha value is -2.88. The third-order valence-corrected chi connectivity index (χ3v) is 3.78. The van der Waals surface area contributed by atoms with Gasteiger partial charge in [-0.2, -0.15) is 5.10 Å². The average molecular weight is 275 g/mol. The van der Waals surface area contributed by atoms with Crippen LogP contribution in [0.3, 0.4) is 0 Å². The number of hydrogen-bond acceptors (Lipinski definition) is 2. The van der Waals surface area contributed by atoms with Gasteiger partial charge in [0, 0.05) is 11.1 Å². The normalized spacial score (nSPS) is 16.6. The van der Waals surface area contributed by atoms with E-state index >= 15 is 0 Å². The molecule has 0 unspecified atom stereocenters. The molecule has 2 N–H and O–H groups in total. The topological polar surface area (TPSA) is 57.8 Å². The number of nitrogens with one attached hydrogen (secondary N) is 2. The highest BCUT2D eigenvalue weighted by molar-refractivity contribution is 6.00. The first-order valence-corrected chi connectivity index (χ1v) is 6.84. The van der Waals surface area contributed by atoms with Gasteiger partial charge in [0.2, 0.25) is 0 Å². The Balaban J connectivity index is 1.88. The number of rotatable bonds is 2. The maximum absolute atomic E-state index is 12.1. The second-order valence-electron chi connectivity index (χ2n) is 5.04. The van der Waals surface area contributed by atoms with Crippen molar-refractivity contribution in [2.75, 3.05) is 0 Å². The molecule has 21 heavy (non-hydrogen) atoms. The van der Waals surface area contributed by atoms with E-state index in [1.807, 2.05) is 60.7 Å². The summed E-state index contributed by atoms with van der Waals surface area (Å²) in [6.07, 6.45) is 0. The van der Waals surface area contributed by atoms with E-state index in [0.29, 0.717) is 5.69 Å². The first-order valence-electron chi connectivity index (χ1n) is 6.84. The predicted molar refractivity (Wildman–Crippen MR) is 79.8 cm³/mol. The molecule has 0 spiro atoms. The number of amides is 1. The van der Waals surface area contributed by atoms with Gasteiger partial charge in [-0.25, -0.2) is 0 Å². The van der Waals surface area contributed by atoms with Crippen molar-refractivity contribution in [1.29, 1.82) is 0 Å². The van der Waals surface area contributed by atoms with Crippen LogP contribution >= 0.6 is 0 Å². The number of carbonyl (C=O) groups excluding carboxylic acids is 1. The van der Waals surface area contributed by atoms with Gasteiger partial charge in [-0.1, -0.05) is 60.7 Å². The maximum atomic E-state index is 12.1. The number of carbonyl (C=O) groups is 1. The van der Waals surface area contributed by atoms with Gasteiger partial charge in [-0.3, -0.25) is 9.89 Å². The minimum atomic E-state index is -0.150. The van der Waals surface area contributed by atoms with Crippen LogP contribution in [-0.2, 0) is 0 Å². The lowest BCUT2D eigenvalue weighted by molar-refractivity contribution is 0.0955. The summed E-state index contributed by atoms with van der Waals surface area (Å²) in [6.45, 7) is 0. The first kappa shape index (κ1) is 11.9. The molecule has 0 fully saturated rings. The van der Waals surface area contributed by atoms with Crippen molar-refractivity contribution in [2.45, 2.75) is 6.04 Å². The van der Waals surface area contributed by atoms with Crippen LogP contribution in [0.2, 0.25) is 0 Å². The molecule has 2 aromatic carbocycles. The molecule has 4 nitrogen and oxygen atoms in total. The summed E-state index contributed by atoms with van der Waals surface area (Å²) < 4.78 is 0. The van der Waals surface area contributed by atoms with Crippen molar-refractivity contribution >= 4 is 5.91 Å². The second-order valence-corrected chi connectivity index (χ2v) is 5.04. The van der Waals surface area contributed by atoms with Crippen LogP contribution in [0.5, 0.6) is 0 Å². The standard InChI is InChI=1S/C17H13N3O/c21-17-16-13(14(18-17)11-7-3-1-4-8-11)15(19-20-16)12-9-5-2-6-10-12/h1-10,14H,(H,18,21)(H,19,20)/t14-/m0/s1. The monoisotopic (exact) mass is 275 g/mol. The van der Waals surface area contributed by atoms with Crippen LogP contribution in [0, 0.1) is 0 Å². The van der Waals surface area contributed by atoms with Crippen LogP contribution in [0.15, 0.2) is 60.7 Å². The molecule has 0 radical (unpaired) electrons. The van der Waals surface area contributed by atoms with Gasteiger partial charge >= 0.3 is 0 Å². The molecule has 0 aliphatic carbocycles. The third kappa shape index (κ3) is 1.84. The van der Waals surface area contributed by atoms with E-state index in [-0.39, 0.29) is 11.9 Å². The second kappa shape index (κ2) is 4.59. The van der Waals surface area contributed by atoms with E-state index in [4.69, 9.17) is 0 Å². The van der Waals surface area contributed by atoms with Crippen molar-refractivity contribution in [3.05, 3.63) is 77.5 Å². The molecule has 1 aliphatic heterocycles. The van der Waals surface area contributed by atoms with E-state index < -0.39 is 0 Å². The van der Waals surface area contributed by atoms with E-state index in [0.717, 1.165) is 22.4 Å². The highest BCUT2D eigenvalue weighted by Gasteiger charge is 2.35. The van der Waals surface area contributed by atoms with Crippen molar-refractivity contribution in [3.63, 3.8) is 0 Å². The zero-order chi connectivity index (χ0) is 14.2. The SMILES string of the molecule is O=C1N[C@@H](c2ccccc2)c2c(-c3ccccc3)n[nH]c21. The zero-order valence-corrected chi connectivity index (χ0v) is 11.2. The first-order chi connectivity index (χ1) is 10.3. The predicted octanol–water partition coefficient (Wildman–Crippen LogP) is 2.91. The Kier molecular flexibility index (Phi) is 2.60. The number of H-pyrrole nitrogens is 1. The number of nitrogens with zero attached hydrogens (tertiary/aromatic N) is 1. The van der Waals surface area contributed by atoms with Gasteiger partial charge in [-0.05, 0) is 5.56 Å². The Labute approximate surface area is 121 Å². The summed E-state index contributed by atoms with van der Waals surface area (Å²) in [6, 6.07) is 19.7. The van der Waals surface area contributed by atoms with Crippen LogP contribution in [0.25, 0.3) is 11.3 Å². The van der Waals surface area contributed by atoms with E-state index in [1.165, 1.54) is 0 Å². The quantitative estimate of drug-likeness (QED) is 0.755. The van der Waals surface area contributed by atoms with Crippen LogP contribution < -0.4 is 5.32 Å². The van der Waals surface area contributed by atoms with E-state index in [1.54, 1.807) is 0 Å². The van der Waals surface area contributed by atoms with Gasteiger partial charge in [-0.15, -0.1) is 0 Å². The highest BCUT2D eigenvalue weighted by Crippen LogP contribution is 2.36. The summed E-state index contributed by atoms with van der Waals surface area (Å²) in [4.78, 5) is 12.1. The summed E-state index contributed by atoms with van der Waals surface area (Å²) in [5.41, 5.74) is 4.38. The Bertz CT molecular complexity index is 793. The van der Waals surface area contributed by atoms with Crippen LogP contribution in [-0.4, -0.2) is 16.1 Å². The summed E-state index contributed by atoms with van der Waals surface area (Å²) in [7, 11) is 0. The van der Waals surface area contributed by atoms with Gasteiger partial charge in [0.1, 0.15) is 5.69 Å². The smallest absolute Gasteiger partial charge is 0.270 e. The number of benzene rings is 2. The minimum Gasteiger partial charge on any atom is -0.340 e. The van der Waals surface area contributed by atoms with E-state index in [9.17, 15) is 4.79 Å². The lowest BCUT2D eigenvalue weighted by atomic mass is 9.97. The molecule has 3 aromatic rings. The molecule has 102 valence electrons. The molecule has 0 bridgehead atoms. The molecule has 1 amide bonds. The maximum Gasteiger partial charge on any atom is 0.270 e. The zero-order valence-electron chi connectivity index (χ0n) is 11.2. The molecule has 1 atom stereocenters. The number of aromatic nitrogens is 2. The Morgan fingerprint density at radius 2 is 1.57 bits per heavy atom. The summed E-state index contributed by atoms with van der Waals surface area (Å²) >= 11 is 0. The average Bonchev–Trinajstić information content (AvgIpc) is 3.11. The molecular formula is C17H13N3O. The number of fused-ring (bicyclic) bond motifs is 1. The third-order valence-electron chi connectivity index (χ3n) is 3.78. The molecule has 1 aromatic heterocycles. The lowest BCUT2D eigenvalue weighted by Gasteiger charge is -2.13. The van der Waals surface area contributed by atoms with Gasteiger partial charge in [0.05, 0.1) is 11.7 Å². The minimum absolute atomic E-state index is 0.103. The van der Waals surface area contributed by atoms with E-state index in [2.05, 4.69) is 15.5 Å². The Morgan fingerprint density at radius 1 is 0.905 bits per heavy atom. The van der Waals surface area contributed by atoms with Crippen molar-refractivity contribution in [2.24, 2.45) is 0 Å². The number of aromatic amines is 1.